The van der Waals surface area contributed by atoms with Gasteiger partial charge in [-0.25, -0.2) is 4.98 Å². The van der Waals surface area contributed by atoms with Gasteiger partial charge in [0, 0.05) is 16.8 Å². The second kappa shape index (κ2) is 7.90. The quantitative estimate of drug-likeness (QED) is 0.565. The number of aromatic nitrogens is 1. The summed E-state index contributed by atoms with van der Waals surface area (Å²) in [5.41, 5.74) is 3.57. The molecule has 0 aliphatic carbocycles. The van der Waals surface area contributed by atoms with Crippen molar-refractivity contribution in [2.24, 2.45) is 0 Å². The largest absolute Gasteiger partial charge is 0.573 e. The van der Waals surface area contributed by atoms with Gasteiger partial charge in [0.2, 0.25) is 0 Å². The van der Waals surface area contributed by atoms with E-state index in [0.29, 0.717) is 22.8 Å². The molecular weight excluding hydrogens is 395 g/mol. The molecule has 5 nitrogen and oxygen atoms in total. The molecule has 1 unspecified atom stereocenters. The zero-order valence-corrected chi connectivity index (χ0v) is 15.5. The van der Waals surface area contributed by atoms with Crippen molar-refractivity contribution >= 4 is 23.9 Å². The molecule has 1 aliphatic heterocycles. The molecule has 30 heavy (non-hydrogen) atoms. The molecule has 0 radical (unpaired) electrons. The lowest BCUT2D eigenvalue weighted by Crippen LogP contribution is -2.22. The van der Waals surface area contributed by atoms with Crippen LogP contribution in [-0.4, -0.2) is 17.6 Å². The van der Waals surface area contributed by atoms with Gasteiger partial charge in [-0.3, -0.25) is 0 Å². The minimum absolute atomic E-state index is 0.323. The first-order valence-corrected chi connectivity index (χ1v) is 9.04. The number of rotatable bonds is 5. The van der Waals surface area contributed by atoms with E-state index in [1.165, 1.54) is 24.3 Å². The molecule has 4 rings (SSSR count). The summed E-state index contributed by atoms with van der Waals surface area (Å²) in [6.45, 7) is 0. The van der Waals surface area contributed by atoms with Crippen molar-refractivity contribution < 1.29 is 22.7 Å². The lowest BCUT2D eigenvalue weighted by Gasteiger charge is -2.23. The molecule has 3 aromatic rings. The summed E-state index contributed by atoms with van der Waals surface area (Å²) in [5, 5.41) is 6.09. The number of nitrogens with one attached hydrogen (secondary N) is 2. The smallest absolute Gasteiger partial charge is 0.406 e. The molecule has 0 spiro atoms. The van der Waals surface area contributed by atoms with Crippen LogP contribution in [0.1, 0.15) is 17.2 Å². The SMILES string of the molecule is O=CC1NC=Cc2cc(-c3ccccc3)nc(Nc3ccc(OC(F)(F)F)cc3)c21. The number of alkyl halides is 3. The third-order valence-electron chi connectivity index (χ3n) is 4.50. The van der Waals surface area contributed by atoms with Gasteiger partial charge in [0.1, 0.15) is 23.9 Å². The Balaban J connectivity index is 1.72. The number of halogens is 3. The summed E-state index contributed by atoms with van der Waals surface area (Å²) in [4.78, 5) is 16.3. The Morgan fingerprint density at radius 3 is 2.47 bits per heavy atom. The highest BCUT2D eigenvalue weighted by molar-refractivity contribution is 5.80. The van der Waals surface area contributed by atoms with Crippen LogP contribution in [0.25, 0.3) is 17.3 Å². The molecule has 1 atom stereocenters. The highest BCUT2D eigenvalue weighted by Crippen LogP contribution is 2.34. The number of aldehydes is 1. The zero-order valence-electron chi connectivity index (χ0n) is 15.5. The Morgan fingerprint density at radius 2 is 1.80 bits per heavy atom. The first-order chi connectivity index (χ1) is 14.4. The molecule has 152 valence electrons. The van der Waals surface area contributed by atoms with Crippen molar-refractivity contribution in [3.8, 4) is 17.0 Å². The van der Waals surface area contributed by atoms with Crippen molar-refractivity contribution in [3.05, 3.63) is 78.0 Å². The van der Waals surface area contributed by atoms with Crippen LogP contribution >= 0.6 is 0 Å². The van der Waals surface area contributed by atoms with E-state index >= 15 is 0 Å². The van der Waals surface area contributed by atoms with Gasteiger partial charge in [-0.2, -0.15) is 0 Å². The third kappa shape index (κ3) is 4.27. The van der Waals surface area contributed by atoms with Gasteiger partial charge in [-0.05, 0) is 48.2 Å². The Bertz CT molecular complexity index is 1080. The molecule has 0 saturated carbocycles. The summed E-state index contributed by atoms with van der Waals surface area (Å²) >= 11 is 0. The molecule has 0 fully saturated rings. The van der Waals surface area contributed by atoms with Crippen LogP contribution in [0.3, 0.4) is 0 Å². The number of pyridine rings is 1. The fourth-order valence-electron chi connectivity index (χ4n) is 3.20. The summed E-state index contributed by atoms with van der Waals surface area (Å²) in [6.07, 6.45) is -0.440. The number of fused-ring (bicyclic) bond motifs is 1. The Morgan fingerprint density at radius 1 is 1.07 bits per heavy atom. The second-order valence-corrected chi connectivity index (χ2v) is 6.54. The predicted molar refractivity (Wildman–Crippen MR) is 107 cm³/mol. The number of carbonyl (C=O) groups excluding carboxylic acids is 1. The molecule has 0 bridgehead atoms. The maximum atomic E-state index is 12.4. The third-order valence-corrected chi connectivity index (χ3v) is 4.50. The maximum absolute atomic E-state index is 12.4. The number of nitrogens with zero attached hydrogens (tertiary/aromatic N) is 1. The number of benzene rings is 2. The summed E-state index contributed by atoms with van der Waals surface area (Å²) < 4.78 is 41.0. The van der Waals surface area contributed by atoms with Gasteiger partial charge in [-0.1, -0.05) is 30.3 Å². The van der Waals surface area contributed by atoms with E-state index in [-0.39, 0.29) is 5.75 Å². The Kier molecular flexibility index (Phi) is 5.14. The zero-order chi connectivity index (χ0) is 21.1. The fourth-order valence-corrected chi connectivity index (χ4v) is 3.20. The van der Waals surface area contributed by atoms with Gasteiger partial charge in [0.15, 0.2) is 0 Å². The summed E-state index contributed by atoms with van der Waals surface area (Å²) in [6, 6.07) is 16.1. The van der Waals surface area contributed by atoms with Crippen molar-refractivity contribution in [2.75, 3.05) is 5.32 Å². The molecule has 0 amide bonds. The van der Waals surface area contributed by atoms with E-state index in [1.54, 1.807) is 6.20 Å². The van der Waals surface area contributed by atoms with Crippen LogP contribution in [0.2, 0.25) is 0 Å². The molecule has 1 aromatic heterocycles. The van der Waals surface area contributed by atoms with E-state index < -0.39 is 12.4 Å². The van der Waals surface area contributed by atoms with Gasteiger partial charge in [0.05, 0.1) is 5.69 Å². The van der Waals surface area contributed by atoms with Crippen molar-refractivity contribution in [3.63, 3.8) is 0 Å². The average Bonchev–Trinajstić information content (AvgIpc) is 2.74. The fraction of sp³-hybridized carbons (Fsp3) is 0.0909. The van der Waals surface area contributed by atoms with E-state index in [2.05, 4.69) is 20.4 Å². The monoisotopic (exact) mass is 411 g/mol. The first kappa shape index (κ1) is 19.5. The second-order valence-electron chi connectivity index (χ2n) is 6.54. The standard InChI is InChI=1S/C22H16F3N3O2/c23-22(24,25)30-17-8-6-16(7-9-17)27-21-20-15(10-11-26-19(20)13-29)12-18(28-21)14-4-2-1-3-5-14/h1-13,19,26H,(H,27,28). The molecule has 0 saturated heterocycles. The average molecular weight is 411 g/mol. The van der Waals surface area contributed by atoms with Crippen molar-refractivity contribution in [1.29, 1.82) is 0 Å². The van der Waals surface area contributed by atoms with Crippen molar-refractivity contribution in [1.82, 2.24) is 10.3 Å². The Hall–Kier alpha value is -3.81. The molecular formula is C22H16F3N3O2. The maximum Gasteiger partial charge on any atom is 0.573 e. The van der Waals surface area contributed by atoms with Crippen LogP contribution in [0.4, 0.5) is 24.7 Å². The van der Waals surface area contributed by atoms with Crippen molar-refractivity contribution in [2.45, 2.75) is 12.4 Å². The summed E-state index contributed by atoms with van der Waals surface area (Å²) in [7, 11) is 0. The number of carbonyl (C=O) groups is 1. The molecule has 2 N–H and O–H groups in total. The summed E-state index contributed by atoms with van der Waals surface area (Å²) in [5.74, 6) is 0.112. The van der Waals surface area contributed by atoms with Gasteiger partial charge in [-0.15, -0.1) is 13.2 Å². The van der Waals surface area contributed by atoms with E-state index in [4.69, 9.17) is 0 Å². The highest BCUT2D eigenvalue weighted by atomic mass is 19.4. The minimum atomic E-state index is -4.76. The molecule has 1 aliphatic rings. The van der Waals surface area contributed by atoms with Gasteiger partial charge in [0.25, 0.3) is 0 Å². The minimum Gasteiger partial charge on any atom is -0.406 e. The van der Waals surface area contributed by atoms with Crippen LogP contribution in [0, 0.1) is 0 Å². The van der Waals surface area contributed by atoms with Crippen LogP contribution in [-0.2, 0) is 4.79 Å². The van der Waals surface area contributed by atoms with Crippen LogP contribution in [0.15, 0.2) is 66.9 Å². The predicted octanol–water partition coefficient (Wildman–Crippen LogP) is 5.20. The van der Waals surface area contributed by atoms with Crippen LogP contribution in [0.5, 0.6) is 5.75 Å². The van der Waals surface area contributed by atoms with E-state index in [9.17, 15) is 18.0 Å². The molecule has 8 heteroatoms. The van der Waals surface area contributed by atoms with E-state index in [0.717, 1.165) is 17.4 Å². The number of hydrogen-bond acceptors (Lipinski definition) is 5. The molecule has 2 aromatic carbocycles. The number of hydrogen-bond donors (Lipinski definition) is 2. The topological polar surface area (TPSA) is 63.2 Å². The number of ether oxygens (including phenoxy) is 1. The normalized spacial score (nSPS) is 15.1. The molecule has 2 heterocycles. The van der Waals surface area contributed by atoms with E-state index in [1.807, 2.05) is 42.5 Å². The lowest BCUT2D eigenvalue weighted by atomic mass is 9.97. The van der Waals surface area contributed by atoms with Crippen LogP contribution < -0.4 is 15.4 Å². The Labute approximate surface area is 170 Å². The highest BCUT2D eigenvalue weighted by Gasteiger charge is 2.31. The van der Waals surface area contributed by atoms with Gasteiger partial charge < -0.3 is 20.2 Å². The lowest BCUT2D eigenvalue weighted by molar-refractivity contribution is -0.274. The number of anilines is 2. The first-order valence-electron chi connectivity index (χ1n) is 9.04. The van der Waals surface area contributed by atoms with Gasteiger partial charge >= 0.3 is 6.36 Å².